The fourth-order valence-electron chi connectivity index (χ4n) is 4.00. The Labute approximate surface area is 234 Å². The molecule has 0 aliphatic carbocycles. The summed E-state index contributed by atoms with van der Waals surface area (Å²) in [6.45, 7) is 19.4. The van der Waals surface area contributed by atoms with Gasteiger partial charge in [0.15, 0.2) is 0 Å². The number of nitrogens with zero attached hydrogens (tertiary/aromatic N) is 3. The Morgan fingerprint density at radius 2 is 0.923 bits per heavy atom. The van der Waals surface area contributed by atoms with Gasteiger partial charge in [-0.15, -0.1) is 0 Å². The van der Waals surface area contributed by atoms with Crippen LogP contribution in [0, 0.1) is 0 Å². The Hall–Kier alpha value is -2.49. The fourth-order valence-corrected chi connectivity index (χ4v) is 4.00. The van der Waals surface area contributed by atoms with E-state index < -0.39 is 11.2 Å². The second-order valence-corrected chi connectivity index (χ2v) is 12.3. The lowest BCUT2D eigenvalue weighted by Gasteiger charge is -2.30. The van der Waals surface area contributed by atoms with Gasteiger partial charge in [-0.05, 0) is 54.9 Å². The zero-order valence-electron chi connectivity index (χ0n) is 25.5. The highest BCUT2D eigenvalue weighted by atomic mass is 16.6. The van der Waals surface area contributed by atoms with E-state index in [1.807, 2.05) is 41.5 Å². The van der Waals surface area contributed by atoms with Gasteiger partial charge in [0, 0.05) is 83.8 Å². The molecular weight excluding hydrogens is 502 g/mol. The molecule has 3 fully saturated rings. The molecule has 10 nitrogen and oxygen atoms in total. The van der Waals surface area contributed by atoms with Gasteiger partial charge in [-0.2, -0.15) is 0 Å². The standard InChI is InChI=1S/2C10H17NO3.C9H17NO/c2*1-10(2,3)14-9(13)11-6-4-8(12)5-7-11;1-3-8(2)10-6-4-9(11)5-7-10/h2*4-7H2,1-3H3;8H,3-7H2,1-2H3. The highest BCUT2D eigenvalue weighted by Gasteiger charge is 2.26. The lowest BCUT2D eigenvalue weighted by atomic mass is 10.1. The number of carbonyl (C=O) groups excluding carboxylic acids is 5. The number of rotatable bonds is 2. The minimum absolute atomic E-state index is 0.227. The molecule has 3 rings (SSSR count). The van der Waals surface area contributed by atoms with Gasteiger partial charge in [-0.25, -0.2) is 9.59 Å². The molecule has 10 heteroatoms. The molecule has 0 aromatic carbocycles. The first-order chi connectivity index (χ1) is 18.0. The SMILES string of the molecule is CC(C)(C)OC(=O)N1CCC(=O)CC1.CC(C)(C)OC(=O)N1CCC(=O)CC1.CCC(C)N1CCC(=O)CC1. The van der Waals surface area contributed by atoms with Crippen LogP contribution in [0.15, 0.2) is 0 Å². The topological polar surface area (TPSA) is 114 Å². The Balaban J connectivity index is 0.000000295. The van der Waals surface area contributed by atoms with Crippen molar-refractivity contribution in [3.8, 4) is 0 Å². The number of ketones is 3. The van der Waals surface area contributed by atoms with Crippen LogP contribution in [0.3, 0.4) is 0 Å². The molecule has 1 atom stereocenters. The van der Waals surface area contributed by atoms with Crippen molar-refractivity contribution in [2.24, 2.45) is 0 Å². The van der Waals surface area contributed by atoms with Crippen molar-refractivity contribution in [2.45, 2.75) is 118 Å². The zero-order valence-corrected chi connectivity index (χ0v) is 25.5. The van der Waals surface area contributed by atoms with E-state index in [4.69, 9.17) is 9.47 Å². The predicted molar refractivity (Wildman–Crippen MR) is 150 cm³/mol. The van der Waals surface area contributed by atoms with Crippen LogP contribution in [0.2, 0.25) is 0 Å². The predicted octanol–water partition coefficient (Wildman–Crippen LogP) is 4.62. The maximum atomic E-state index is 11.5. The minimum atomic E-state index is -0.460. The maximum Gasteiger partial charge on any atom is 0.410 e. The van der Waals surface area contributed by atoms with Crippen LogP contribution in [0.5, 0.6) is 0 Å². The summed E-state index contributed by atoms with van der Waals surface area (Å²) in [5.74, 6) is 0.888. The Kier molecular flexibility index (Phi) is 14.1. The largest absolute Gasteiger partial charge is 0.444 e. The van der Waals surface area contributed by atoms with Crippen molar-refractivity contribution in [1.82, 2.24) is 14.7 Å². The summed E-state index contributed by atoms with van der Waals surface area (Å²) < 4.78 is 10.4. The first kappa shape index (κ1) is 34.5. The smallest absolute Gasteiger partial charge is 0.410 e. The minimum Gasteiger partial charge on any atom is -0.444 e. The Morgan fingerprint density at radius 1 is 0.641 bits per heavy atom. The molecule has 3 aliphatic rings. The molecule has 0 bridgehead atoms. The van der Waals surface area contributed by atoms with Gasteiger partial charge in [-0.3, -0.25) is 19.3 Å². The number of ether oxygens (including phenoxy) is 2. The van der Waals surface area contributed by atoms with Crippen LogP contribution in [0.25, 0.3) is 0 Å². The zero-order chi connectivity index (χ0) is 29.8. The third-order valence-electron chi connectivity index (χ3n) is 6.52. The van der Waals surface area contributed by atoms with Gasteiger partial charge < -0.3 is 19.3 Å². The first-order valence-corrected chi connectivity index (χ1v) is 14.3. The summed E-state index contributed by atoms with van der Waals surface area (Å²) in [5, 5.41) is 0. The molecule has 0 radical (unpaired) electrons. The van der Waals surface area contributed by atoms with E-state index in [-0.39, 0.29) is 23.8 Å². The second kappa shape index (κ2) is 15.9. The van der Waals surface area contributed by atoms with E-state index in [0.717, 1.165) is 25.9 Å². The molecule has 0 aromatic rings. The normalized spacial score (nSPS) is 19.7. The molecule has 0 N–H and O–H groups in total. The molecule has 2 amide bonds. The van der Waals surface area contributed by atoms with Gasteiger partial charge in [0.05, 0.1) is 0 Å². The summed E-state index contributed by atoms with van der Waals surface area (Å²) in [4.78, 5) is 61.4. The quantitative estimate of drug-likeness (QED) is 0.487. The van der Waals surface area contributed by atoms with E-state index in [1.54, 1.807) is 9.80 Å². The lowest BCUT2D eigenvalue weighted by molar-refractivity contribution is -0.122. The monoisotopic (exact) mass is 553 g/mol. The lowest BCUT2D eigenvalue weighted by Crippen LogP contribution is -2.41. The van der Waals surface area contributed by atoms with Crippen LogP contribution in [0.4, 0.5) is 9.59 Å². The van der Waals surface area contributed by atoms with Gasteiger partial charge >= 0.3 is 12.2 Å². The molecule has 0 spiro atoms. The number of amides is 2. The molecule has 3 saturated heterocycles. The molecule has 1 unspecified atom stereocenters. The number of piperidine rings is 3. The van der Waals surface area contributed by atoms with E-state index in [2.05, 4.69) is 18.7 Å². The van der Waals surface area contributed by atoms with Crippen LogP contribution in [-0.2, 0) is 23.9 Å². The number of hydrogen-bond acceptors (Lipinski definition) is 8. The van der Waals surface area contributed by atoms with Gasteiger partial charge in [0.25, 0.3) is 0 Å². The number of hydrogen-bond donors (Lipinski definition) is 0. The van der Waals surface area contributed by atoms with Gasteiger partial charge in [0.1, 0.15) is 28.6 Å². The third kappa shape index (κ3) is 15.0. The first-order valence-electron chi connectivity index (χ1n) is 14.3. The number of likely N-dealkylation sites (tertiary alicyclic amines) is 3. The average Bonchev–Trinajstić information content (AvgIpc) is 2.83. The van der Waals surface area contributed by atoms with E-state index in [1.165, 1.54) is 6.42 Å². The van der Waals surface area contributed by atoms with Crippen molar-refractivity contribution >= 4 is 29.5 Å². The fraction of sp³-hybridized carbons (Fsp3) is 0.828. The Morgan fingerprint density at radius 3 is 1.18 bits per heavy atom. The summed E-state index contributed by atoms with van der Waals surface area (Å²) in [7, 11) is 0. The summed E-state index contributed by atoms with van der Waals surface area (Å²) in [6, 6.07) is 0.656. The number of carbonyl (C=O) groups is 5. The van der Waals surface area contributed by atoms with Gasteiger partial charge in [-0.1, -0.05) is 6.92 Å². The Bertz CT molecular complexity index is 763. The molecule has 0 saturated carbocycles. The summed E-state index contributed by atoms with van der Waals surface area (Å²) in [5.41, 5.74) is -0.920. The molecule has 39 heavy (non-hydrogen) atoms. The van der Waals surface area contributed by atoms with E-state index in [0.29, 0.717) is 63.7 Å². The van der Waals surface area contributed by atoms with E-state index >= 15 is 0 Å². The highest BCUT2D eigenvalue weighted by Crippen LogP contribution is 2.15. The molecule has 3 aliphatic heterocycles. The van der Waals surface area contributed by atoms with Gasteiger partial charge in [0.2, 0.25) is 0 Å². The van der Waals surface area contributed by atoms with Crippen molar-refractivity contribution < 1.29 is 33.4 Å². The average molecular weight is 554 g/mol. The highest BCUT2D eigenvalue weighted by molar-refractivity contribution is 5.82. The second-order valence-electron chi connectivity index (χ2n) is 12.3. The molecular formula is C29H51N3O7. The van der Waals surface area contributed by atoms with Crippen LogP contribution >= 0.6 is 0 Å². The molecule has 0 aromatic heterocycles. The van der Waals surface area contributed by atoms with Crippen molar-refractivity contribution in [2.75, 3.05) is 39.3 Å². The third-order valence-corrected chi connectivity index (χ3v) is 6.52. The van der Waals surface area contributed by atoms with Crippen LogP contribution in [0.1, 0.15) is 100 Å². The van der Waals surface area contributed by atoms with Crippen molar-refractivity contribution in [1.29, 1.82) is 0 Å². The molecule has 3 heterocycles. The van der Waals surface area contributed by atoms with E-state index in [9.17, 15) is 24.0 Å². The summed E-state index contributed by atoms with van der Waals surface area (Å²) >= 11 is 0. The van der Waals surface area contributed by atoms with Crippen LogP contribution in [-0.4, -0.2) is 101 Å². The molecule has 224 valence electrons. The van der Waals surface area contributed by atoms with Crippen molar-refractivity contribution in [3.05, 3.63) is 0 Å². The van der Waals surface area contributed by atoms with Crippen molar-refractivity contribution in [3.63, 3.8) is 0 Å². The number of Topliss-reactive ketones (excluding diaryl/α,β-unsaturated/α-hetero) is 3. The summed E-state index contributed by atoms with van der Waals surface area (Å²) in [6.07, 6.45) is 3.93. The maximum absolute atomic E-state index is 11.5. The van der Waals surface area contributed by atoms with Crippen LogP contribution < -0.4 is 0 Å².